The molecule has 82 valence electrons. The molecule has 0 aliphatic heterocycles. The van der Waals surface area contributed by atoms with E-state index in [1.54, 1.807) is 21.3 Å². The lowest BCUT2D eigenvalue weighted by molar-refractivity contribution is 0.123. The minimum Gasteiger partial charge on any atom is -0.377 e. The third-order valence-electron chi connectivity index (χ3n) is 1.99. The fraction of sp³-hybridized carbons (Fsp3) is 1.00. The van der Waals surface area contributed by atoms with E-state index in [1.165, 1.54) is 0 Å². The van der Waals surface area contributed by atoms with E-state index in [-0.39, 0.29) is 0 Å². The zero-order chi connectivity index (χ0) is 10.9. The normalized spacial score (nSPS) is 11.1. The van der Waals surface area contributed by atoms with Gasteiger partial charge in [0.1, 0.15) is 0 Å². The van der Waals surface area contributed by atoms with Crippen LogP contribution in [0.25, 0.3) is 10.4 Å². The number of rotatable bonds is 8. The van der Waals surface area contributed by atoms with Crippen LogP contribution in [0.1, 0.15) is 12.8 Å². The van der Waals surface area contributed by atoms with Crippen LogP contribution < -0.4 is 0 Å². The van der Waals surface area contributed by atoms with E-state index in [1.807, 2.05) is 0 Å². The fourth-order valence-corrected chi connectivity index (χ4v) is 2.92. The van der Waals surface area contributed by atoms with Gasteiger partial charge in [0, 0.05) is 38.8 Å². The molecule has 0 heterocycles. The lowest BCUT2D eigenvalue weighted by Crippen LogP contribution is -2.42. The molecule has 0 bridgehead atoms. The summed E-state index contributed by atoms with van der Waals surface area (Å²) in [5.41, 5.74) is 8.06. The third-order valence-corrected chi connectivity index (χ3v) is 4.82. The van der Waals surface area contributed by atoms with Crippen LogP contribution in [-0.2, 0) is 13.3 Å². The maximum Gasteiger partial charge on any atom is 0.500 e. The Morgan fingerprint density at radius 2 is 1.71 bits per heavy atom. The first kappa shape index (κ1) is 13.4. The largest absolute Gasteiger partial charge is 0.500 e. The van der Waals surface area contributed by atoms with Crippen molar-refractivity contribution in [3.8, 4) is 0 Å². The van der Waals surface area contributed by atoms with Crippen molar-refractivity contribution in [2.24, 2.45) is 5.11 Å². The summed E-state index contributed by atoms with van der Waals surface area (Å²) in [6.45, 7) is 0.512. The second kappa shape index (κ2) is 7.78. The Morgan fingerprint density at radius 3 is 2.14 bits per heavy atom. The topological polar surface area (TPSA) is 76.5 Å². The van der Waals surface area contributed by atoms with Crippen molar-refractivity contribution in [2.75, 3.05) is 27.9 Å². The van der Waals surface area contributed by atoms with Crippen LogP contribution in [0, 0.1) is 0 Å². The summed E-state index contributed by atoms with van der Waals surface area (Å²) in [5, 5.41) is 3.44. The number of unbranched alkanes of at least 4 members (excludes halogenated alkanes) is 1. The molecule has 0 aromatic carbocycles. The molecule has 6 nitrogen and oxygen atoms in total. The highest BCUT2D eigenvalue weighted by molar-refractivity contribution is 6.60. The van der Waals surface area contributed by atoms with Gasteiger partial charge in [-0.05, 0) is 18.4 Å². The Bertz CT molecular complexity index is 184. The van der Waals surface area contributed by atoms with Crippen molar-refractivity contribution in [1.82, 2.24) is 0 Å². The van der Waals surface area contributed by atoms with Gasteiger partial charge in [-0.2, -0.15) is 0 Å². The van der Waals surface area contributed by atoms with Gasteiger partial charge in [0.15, 0.2) is 0 Å². The average molecular weight is 219 g/mol. The van der Waals surface area contributed by atoms with Gasteiger partial charge in [0.2, 0.25) is 0 Å². The standard InChI is InChI=1S/C7H17N3O3Si/c1-11-14(12-2,13-3)7-5-4-6-9-10-8/h4-7H2,1-3H3. The summed E-state index contributed by atoms with van der Waals surface area (Å²) in [6, 6.07) is 0.747. The minimum absolute atomic E-state index is 0.512. The number of hydrogen-bond donors (Lipinski definition) is 0. The molecule has 0 amide bonds. The Kier molecular flexibility index (Phi) is 7.45. The first-order valence-electron chi connectivity index (χ1n) is 4.41. The van der Waals surface area contributed by atoms with Crippen LogP contribution in [0.2, 0.25) is 6.04 Å². The predicted octanol–water partition coefficient (Wildman–Crippen LogP) is 1.95. The molecule has 0 atom stereocenters. The Morgan fingerprint density at radius 1 is 1.14 bits per heavy atom. The SMILES string of the molecule is CO[Si](CCCCN=[N+]=[N-])(OC)OC. The third kappa shape index (κ3) is 4.59. The molecule has 0 N–H and O–H groups in total. The van der Waals surface area contributed by atoms with Gasteiger partial charge in [0.25, 0.3) is 0 Å². The maximum atomic E-state index is 8.06. The van der Waals surface area contributed by atoms with Crippen molar-refractivity contribution < 1.29 is 13.3 Å². The molecule has 0 radical (unpaired) electrons. The molecule has 0 fully saturated rings. The Labute approximate surface area is 85.2 Å². The summed E-state index contributed by atoms with van der Waals surface area (Å²) in [5.74, 6) is 0. The van der Waals surface area contributed by atoms with Crippen molar-refractivity contribution in [3.05, 3.63) is 10.4 Å². The monoisotopic (exact) mass is 219 g/mol. The highest BCUT2D eigenvalue weighted by Gasteiger charge is 2.36. The molecule has 0 spiro atoms. The molecular formula is C7H17N3O3Si. The summed E-state index contributed by atoms with van der Waals surface area (Å²) in [7, 11) is 2.36. The van der Waals surface area contributed by atoms with Crippen molar-refractivity contribution in [3.63, 3.8) is 0 Å². The summed E-state index contributed by atoms with van der Waals surface area (Å²) in [4.78, 5) is 2.67. The van der Waals surface area contributed by atoms with Gasteiger partial charge in [-0.15, -0.1) is 0 Å². The van der Waals surface area contributed by atoms with Crippen LogP contribution in [-0.4, -0.2) is 36.7 Å². The first-order valence-corrected chi connectivity index (χ1v) is 6.34. The quantitative estimate of drug-likeness (QED) is 0.206. The summed E-state index contributed by atoms with van der Waals surface area (Å²) in [6.07, 6.45) is 1.70. The Hall–Kier alpha value is -0.593. The molecule has 0 aromatic rings. The fourth-order valence-electron chi connectivity index (χ4n) is 1.12. The zero-order valence-electron chi connectivity index (χ0n) is 8.89. The minimum atomic E-state index is -2.41. The van der Waals surface area contributed by atoms with Crippen LogP contribution >= 0.6 is 0 Å². The number of nitrogens with zero attached hydrogens (tertiary/aromatic N) is 3. The maximum absolute atomic E-state index is 8.06. The highest BCUT2D eigenvalue weighted by Crippen LogP contribution is 2.16. The molecule has 0 aliphatic carbocycles. The molecule has 0 rings (SSSR count). The summed E-state index contributed by atoms with van der Waals surface area (Å²) < 4.78 is 15.7. The van der Waals surface area contributed by atoms with Gasteiger partial charge in [-0.1, -0.05) is 5.11 Å². The molecule has 0 aliphatic rings. The van der Waals surface area contributed by atoms with Crippen molar-refractivity contribution in [1.29, 1.82) is 0 Å². The zero-order valence-corrected chi connectivity index (χ0v) is 9.89. The molecular weight excluding hydrogens is 202 g/mol. The van der Waals surface area contributed by atoms with E-state index in [9.17, 15) is 0 Å². The smallest absolute Gasteiger partial charge is 0.377 e. The Balaban J connectivity index is 3.76. The van der Waals surface area contributed by atoms with E-state index in [0.29, 0.717) is 6.54 Å². The van der Waals surface area contributed by atoms with Crippen LogP contribution in [0.5, 0.6) is 0 Å². The van der Waals surface area contributed by atoms with Crippen molar-refractivity contribution in [2.45, 2.75) is 18.9 Å². The number of azide groups is 1. The molecule has 0 unspecified atom stereocenters. The van der Waals surface area contributed by atoms with Gasteiger partial charge in [0.05, 0.1) is 0 Å². The first-order chi connectivity index (χ1) is 6.74. The average Bonchev–Trinajstić information content (AvgIpc) is 2.24. The van der Waals surface area contributed by atoms with Crippen LogP contribution in [0.4, 0.5) is 0 Å². The lowest BCUT2D eigenvalue weighted by atomic mass is 10.3. The predicted molar refractivity (Wildman–Crippen MR) is 54.8 cm³/mol. The number of hydrogen-bond acceptors (Lipinski definition) is 4. The lowest BCUT2D eigenvalue weighted by Gasteiger charge is -2.23. The van der Waals surface area contributed by atoms with E-state index < -0.39 is 8.80 Å². The molecule has 0 saturated heterocycles. The van der Waals surface area contributed by atoms with Gasteiger partial charge >= 0.3 is 8.80 Å². The highest BCUT2D eigenvalue weighted by atomic mass is 28.4. The second-order valence-electron chi connectivity index (χ2n) is 2.71. The van der Waals surface area contributed by atoms with Gasteiger partial charge in [-0.3, -0.25) is 0 Å². The van der Waals surface area contributed by atoms with Crippen LogP contribution in [0.15, 0.2) is 5.11 Å². The molecule has 0 aromatic heterocycles. The van der Waals surface area contributed by atoms with Crippen LogP contribution in [0.3, 0.4) is 0 Å². The molecule has 0 saturated carbocycles. The van der Waals surface area contributed by atoms with E-state index in [4.69, 9.17) is 18.8 Å². The molecule has 14 heavy (non-hydrogen) atoms. The van der Waals surface area contributed by atoms with E-state index in [2.05, 4.69) is 10.0 Å². The summed E-state index contributed by atoms with van der Waals surface area (Å²) >= 11 is 0. The second-order valence-corrected chi connectivity index (χ2v) is 5.80. The van der Waals surface area contributed by atoms with E-state index >= 15 is 0 Å². The van der Waals surface area contributed by atoms with E-state index in [0.717, 1.165) is 18.9 Å². The van der Waals surface area contributed by atoms with Gasteiger partial charge < -0.3 is 13.3 Å². The van der Waals surface area contributed by atoms with Crippen molar-refractivity contribution >= 4 is 8.80 Å². The van der Waals surface area contributed by atoms with Gasteiger partial charge in [-0.25, -0.2) is 0 Å². The molecule has 7 heteroatoms.